The van der Waals surface area contributed by atoms with E-state index in [0.717, 1.165) is 19.3 Å². The molecule has 0 saturated heterocycles. The highest BCUT2D eigenvalue weighted by Gasteiger charge is 2.30. The number of hydrogen-bond donors (Lipinski definition) is 0. The van der Waals surface area contributed by atoms with Crippen LogP contribution in [0.4, 0.5) is 0 Å². The first-order valence-corrected chi connectivity index (χ1v) is 6.41. The van der Waals surface area contributed by atoms with Crippen molar-refractivity contribution in [3.8, 4) is 0 Å². The van der Waals surface area contributed by atoms with Crippen LogP contribution in [0.15, 0.2) is 0 Å². The van der Waals surface area contributed by atoms with Gasteiger partial charge in [0.25, 0.3) is 0 Å². The van der Waals surface area contributed by atoms with E-state index in [1.54, 1.807) is 0 Å². The maximum Gasteiger partial charge on any atom is 0.223 e. The Hall–Kier alpha value is -0.530. The molecule has 0 aromatic heterocycles. The van der Waals surface area contributed by atoms with Crippen LogP contribution in [0, 0.1) is 5.92 Å². The SMILES string of the molecule is CC[C@@H](C)N(C(=O)CC1CC1)[C@@H](C)CC. The van der Waals surface area contributed by atoms with Crippen molar-refractivity contribution in [3.05, 3.63) is 0 Å². The van der Waals surface area contributed by atoms with Gasteiger partial charge in [-0.05, 0) is 45.4 Å². The third-order valence-electron chi connectivity index (χ3n) is 3.58. The monoisotopic (exact) mass is 211 g/mol. The van der Waals surface area contributed by atoms with Gasteiger partial charge in [-0.25, -0.2) is 0 Å². The molecule has 88 valence electrons. The van der Waals surface area contributed by atoms with Gasteiger partial charge in [0.05, 0.1) is 0 Å². The van der Waals surface area contributed by atoms with Crippen molar-refractivity contribution in [2.24, 2.45) is 5.92 Å². The molecule has 0 unspecified atom stereocenters. The first-order chi connectivity index (χ1) is 7.10. The van der Waals surface area contributed by atoms with Gasteiger partial charge in [0.2, 0.25) is 5.91 Å². The predicted octanol–water partition coefficient (Wildman–Crippen LogP) is 3.21. The second kappa shape index (κ2) is 5.53. The molecule has 1 aliphatic rings. The lowest BCUT2D eigenvalue weighted by atomic mass is 10.1. The number of carbonyl (C=O) groups excluding carboxylic acids is 1. The second-order valence-electron chi connectivity index (χ2n) is 4.96. The van der Waals surface area contributed by atoms with Gasteiger partial charge in [0, 0.05) is 18.5 Å². The van der Waals surface area contributed by atoms with Crippen molar-refractivity contribution in [1.82, 2.24) is 4.90 Å². The summed E-state index contributed by atoms with van der Waals surface area (Å²) in [5, 5.41) is 0. The predicted molar refractivity (Wildman–Crippen MR) is 63.7 cm³/mol. The quantitative estimate of drug-likeness (QED) is 0.660. The van der Waals surface area contributed by atoms with E-state index in [9.17, 15) is 4.79 Å². The molecule has 2 nitrogen and oxygen atoms in total. The summed E-state index contributed by atoms with van der Waals surface area (Å²) in [7, 11) is 0. The summed E-state index contributed by atoms with van der Waals surface area (Å²) >= 11 is 0. The number of carbonyl (C=O) groups is 1. The fraction of sp³-hybridized carbons (Fsp3) is 0.923. The molecule has 1 aliphatic carbocycles. The van der Waals surface area contributed by atoms with Crippen LogP contribution in [0.3, 0.4) is 0 Å². The molecule has 1 rings (SSSR count). The standard InChI is InChI=1S/C13H25NO/c1-5-10(3)14(11(4)6-2)13(15)9-12-7-8-12/h10-12H,5-9H2,1-4H3/t10-,11+. The van der Waals surface area contributed by atoms with Crippen molar-refractivity contribution >= 4 is 5.91 Å². The van der Waals surface area contributed by atoms with E-state index in [1.807, 2.05) is 0 Å². The van der Waals surface area contributed by atoms with Gasteiger partial charge in [-0.2, -0.15) is 0 Å². The summed E-state index contributed by atoms with van der Waals surface area (Å²) in [5.74, 6) is 1.08. The van der Waals surface area contributed by atoms with Gasteiger partial charge in [-0.1, -0.05) is 13.8 Å². The summed E-state index contributed by atoms with van der Waals surface area (Å²) in [6.45, 7) is 8.64. The molecule has 0 aromatic carbocycles. The van der Waals surface area contributed by atoms with Gasteiger partial charge in [0.1, 0.15) is 0 Å². The minimum Gasteiger partial charge on any atom is -0.337 e. The van der Waals surface area contributed by atoms with E-state index in [0.29, 0.717) is 23.9 Å². The minimum absolute atomic E-state index is 0.376. The lowest BCUT2D eigenvalue weighted by Gasteiger charge is -2.34. The molecular weight excluding hydrogens is 186 g/mol. The number of nitrogens with zero attached hydrogens (tertiary/aromatic N) is 1. The fourth-order valence-electron chi connectivity index (χ4n) is 1.99. The summed E-state index contributed by atoms with van der Waals surface area (Å²) in [6.07, 6.45) is 5.43. The highest BCUT2D eigenvalue weighted by atomic mass is 16.2. The Balaban J connectivity index is 2.56. The zero-order valence-corrected chi connectivity index (χ0v) is 10.6. The van der Waals surface area contributed by atoms with Crippen molar-refractivity contribution < 1.29 is 4.79 Å². The van der Waals surface area contributed by atoms with Crippen LogP contribution in [0.5, 0.6) is 0 Å². The highest BCUT2D eigenvalue weighted by molar-refractivity contribution is 5.77. The normalized spacial score (nSPS) is 19.7. The molecule has 0 radical (unpaired) electrons. The molecule has 1 saturated carbocycles. The first kappa shape index (κ1) is 12.5. The third kappa shape index (κ3) is 3.51. The van der Waals surface area contributed by atoms with E-state index in [-0.39, 0.29) is 0 Å². The van der Waals surface area contributed by atoms with Crippen LogP contribution in [0.2, 0.25) is 0 Å². The largest absolute Gasteiger partial charge is 0.337 e. The molecule has 1 fully saturated rings. The Morgan fingerprint density at radius 3 is 2.00 bits per heavy atom. The first-order valence-electron chi connectivity index (χ1n) is 6.41. The van der Waals surface area contributed by atoms with E-state index in [4.69, 9.17) is 0 Å². The Bertz CT molecular complexity index is 201. The summed E-state index contributed by atoms with van der Waals surface area (Å²) in [5.41, 5.74) is 0. The smallest absolute Gasteiger partial charge is 0.223 e. The second-order valence-corrected chi connectivity index (χ2v) is 4.96. The topological polar surface area (TPSA) is 20.3 Å². The molecule has 2 heteroatoms. The molecular formula is C13H25NO. The van der Waals surface area contributed by atoms with Crippen LogP contribution in [-0.2, 0) is 4.79 Å². The van der Waals surface area contributed by atoms with Crippen LogP contribution in [0.1, 0.15) is 59.8 Å². The van der Waals surface area contributed by atoms with E-state index < -0.39 is 0 Å². The molecule has 0 aliphatic heterocycles. The zero-order chi connectivity index (χ0) is 11.4. The van der Waals surface area contributed by atoms with Crippen molar-refractivity contribution in [2.45, 2.75) is 71.9 Å². The van der Waals surface area contributed by atoms with Gasteiger partial charge >= 0.3 is 0 Å². The Morgan fingerprint density at radius 2 is 1.67 bits per heavy atom. The molecule has 15 heavy (non-hydrogen) atoms. The summed E-state index contributed by atoms with van der Waals surface area (Å²) in [6, 6.07) is 0.789. The highest BCUT2D eigenvalue weighted by Crippen LogP contribution is 2.33. The van der Waals surface area contributed by atoms with Crippen LogP contribution in [0.25, 0.3) is 0 Å². The lowest BCUT2D eigenvalue weighted by molar-refractivity contribution is -0.136. The Morgan fingerprint density at radius 1 is 1.20 bits per heavy atom. The molecule has 1 amide bonds. The summed E-state index contributed by atoms with van der Waals surface area (Å²) in [4.78, 5) is 14.2. The van der Waals surface area contributed by atoms with E-state index in [2.05, 4.69) is 32.6 Å². The maximum absolute atomic E-state index is 12.1. The van der Waals surface area contributed by atoms with Crippen LogP contribution >= 0.6 is 0 Å². The number of rotatable bonds is 6. The fourth-order valence-corrected chi connectivity index (χ4v) is 1.99. The zero-order valence-electron chi connectivity index (χ0n) is 10.6. The van der Waals surface area contributed by atoms with Crippen LogP contribution in [-0.4, -0.2) is 22.9 Å². The van der Waals surface area contributed by atoms with Gasteiger partial charge < -0.3 is 4.90 Å². The van der Waals surface area contributed by atoms with E-state index >= 15 is 0 Å². The van der Waals surface area contributed by atoms with E-state index in [1.165, 1.54) is 12.8 Å². The minimum atomic E-state index is 0.376. The van der Waals surface area contributed by atoms with Gasteiger partial charge in [-0.3, -0.25) is 4.79 Å². The summed E-state index contributed by atoms with van der Waals surface area (Å²) < 4.78 is 0. The van der Waals surface area contributed by atoms with Gasteiger partial charge in [0.15, 0.2) is 0 Å². The molecule has 0 bridgehead atoms. The molecule has 2 atom stereocenters. The van der Waals surface area contributed by atoms with Crippen molar-refractivity contribution in [3.63, 3.8) is 0 Å². The van der Waals surface area contributed by atoms with Crippen molar-refractivity contribution in [2.75, 3.05) is 0 Å². The Labute approximate surface area is 94.0 Å². The third-order valence-corrected chi connectivity index (χ3v) is 3.58. The molecule has 0 N–H and O–H groups in total. The Kier molecular flexibility index (Phi) is 4.62. The van der Waals surface area contributed by atoms with Crippen LogP contribution < -0.4 is 0 Å². The average Bonchev–Trinajstić information content (AvgIpc) is 3.01. The molecule has 0 heterocycles. The number of amides is 1. The lowest BCUT2D eigenvalue weighted by Crippen LogP contribution is -2.44. The average molecular weight is 211 g/mol. The maximum atomic E-state index is 12.1. The number of hydrogen-bond acceptors (Lipinski definition) is 1. The van der Waals surface area contributed by atoms with Gasteiger partial charge in [-0.15, -0.1) is 0 Å². The molecule has 0 aromatic rings. The van der Waals surface area contributed by atoms with Crippen molar-refractivity contribution in [1.29, 1.82) is 0 Å². The molecule has 0 spiro atoms.